The van der Waals surface area contributed by atoms with Crippen molar-refractivity contribution in [2.24, 2.45) is 0 Å². The van der Waals surface area contributed by atoms with Crippen LogP contribution in [0.2, 0.25) is 0 Å². The van der Waals surface area contributed by atoms with Crippen LogP contribution in [0.25, 0.3) is 0 Å². The number of hydrogen-bond donors (Lipinski definition) is 2. The minimum atomic E-state index is -0.268. The average molecular weight is 395 g/mol. The summed E-state index contributed by atoms with van der Waals surface area (Å²) in [5, 5.41) is 31.5. The quantitative estimate of drug-likeness (QED) is 0.761. The van der Waals surface area contributed by atoms with Crippen LogP contribution in [-0.4, -0.2) is 11.7 Å². The summed E-state index contributed by atoms with van der Waals surface area (Å²) in [6.07, 6.45) is 4.00. The van der Waals surface area contributed by atoms with Gasteiger partial charge in [0.25, 0.3) is 5.82 Å². The highest BCUT2D eigenvalue weighted by Gasteiger charge is 2.22. The van der Waals surface area contributed by atoms with Crippen molar-refractivity contribution in [3.8, 4) is 18.2 Å². The summed E-state index contributed by atoms with van der Waals surface area (Å²) < 4.78 is 0. The lowest BCUT2D eigenvalue weighted by Gasteiger charge is -2.09. The standard InChI is InChI=1S/C18H14N6OS2/c19-6-10-5-11(7-20)17(24-16(10)22)26-9-15(25)23-18-13(8-21)12-3-1-2-4-14(12)27-18/h5H,1-4,9H2,(H2,22,24)(H,23,25)/p+1. The van der Waals surface area contributed by atoms with Crippen LogP contribution in [0.5, 0.6) is 0 Å². The maximum absolute atomic E-state index is 12.4. The van der Waals surface area contributed by atoms with Gasteiger partial charge in [-0.3, -0.25) is 10.5 Å². The third kappa shape index (κ3) is 3.88. The van der Waals surface area contributed by atoms with E-state index in [9.17, 15) is 15.3 Å². The molecule has 0 spiro atoms. The number of nitrogens with zero attached hydrogens (tertiary/aromatic N) is 3. The van der Waals surface area contributed by atoms with E-state index in [0.717, 1.165) is 43.0 Å². The maximum atomic E-state index is 12.4. The van der Waals surface area contributed by atoms with Gasteiger partial charge in [0, 0.05) is 4.88 Å². The highest BCUT2D eigenvalue weighted by molar-refractivity contribution is 7.99. The number of carbonyl (C=O) groups is 1. The van der Waals surface area contributed by atoms with Crippen molar-refractivity contribution in [2.45, 2.75) is 30.7 Å². The van der Waals surface area contributed by atoms with Gasteiger partial charge in [0.15, 0.2) is 5.03 Å². The molecule has 27 heavy (non-hydrogen) atoms. The molecule has 9 heteroatoms. The lowest BCUT2D eigenvalue weighted by molar-refractivity contribution is -0.410. The number of amides is 1. The molecule has 0 saturated heterocycles. The zero-order valence-electron chi connectivity index (χ0n) is 14.3. The van der Waals surface area contributed by atoms with E-state index < -0.39 is 0 Å². The Labute approximate surface area is 164 Å². The Morgan fingerprint density at radius 3 is 2.67 bits per heavy atom. The smallest absolute Gasteiger partial charge is 0.289 e. The first-order valence-electron chi connectivity index (χ1n) is 8.20. The number of pyridine rings is 1. The molecule has 2 heterocycles. The fraction of sp³-hybridized carbons (Fsp3) is 0.278. The van der Waals surface area contributed by atoms with Gasteiger partial charge in [-0.2, -0.15) is 15.8 Å². The zero-order chi connectivity index (χ0) is 19.4. The molecule has 0 aromatic carbocycles. The molecule has 0 unspecified atom stereocenters. The fourth-order valence-electron chi connectivity index (χ4n) is 2.91. The highest BCUT2D eigenvalue weighted by Crippen LogP contribution is 2.37. The molecule has 2 aromatic heterocycles. The van der Waals surface area contributed by atoms with Gasteiger partial charge < -0.3 is 5.32 Å². The number of aromatic nitrogens is 1. The van der Waals surface area contributed by atoms with Crippen LogP contribution in [0, 0.1) is 34.0 Å². The lowest BCUT2D eigenvalue weighted by atomic mass is 9.96. The van der Waals surface area contributed by atoms with E-state index >= 15 is 0 Å². The van der Waals surface area contributed by atoms with Gasteiger partial charge >= 0.3 is 0 Å². The molecule has 1 aliphatic rings. The zero-order valence-corrected chi connectivity index (χ0v) is 15.9. The van der Waals surface area contributed by atoms with Crippen molar-refractivity contribution < 1.29 is 9.78 Å². The van der Waals surface area contributed by atoms with Crippen molar-refractivity contribution in [2.75, 3.05) is 16.8 Å². The van der Waals surface area contributed by atoms with Crippen LogP contribution >= 0.6 is 23.1 Å². The van der Waals surface area contributed by atoms with Crippen LogP contribution in [0.1, 0.15) is 40.0 Å². The minimum Gasteiger partial charge on any atom is -0.316 e. The largest absolute Gasteiger partial charge is 0.316 e. The topological polar surface area (TPSA) is 141 Å². The number of thiophene rings is 1. The molecule has 4 N–H and O–H groups in total. The maximum Gasteiger partial charge on any atom is 0.289 e. The molecular weight excluding hydrogens is 380 g/mol. The minimum absolute atomic E-state index is 0.0456. The third-order valence-electron chi connectivity index (χ3n) is 4.20. The van der Waals surface area contributed by atoms with E-state index in [-0.39, 0.29) is 28.6 Å². The molecular formula is C18H15N6OS2+. The molecule has 0 saturated carbocycles. The molecule has 3 rings (SSSR count). The molecule has 2 aromatic rings. The number of nitrogens with two attached hydrogens (primary N) is 1. The van der Waals surface area contributed by atoms with Gasteiger partial charge in [-0.25, -0.2) is 4.98 Å². The number of H-pyrrole nitrogens is 1. The second kappa shape index (κ2) is 8.09. The van der Waals surface area contributed by atoms with Crippen LogP contribution in [0.4, 0.5) is 10.8 Å². The third-order valence-corrected chi connectivity index (χ3v) is 6.42. The second-order valence-electron chi connectivity index (χ2n) is 5.93. The predicted octanol–water partition coefficient (Wildman–Crippen LogP) is 2.37. The summed E-state index contributed by atoms with van der Waals surface area (Å²) in [5.41, 5.74) is 7.82. The normalized spacial score (nSPS) is 12.3. The Kier molecular flexibility index (Phi) is 5.61. The number of hydrogen-bond acceptors (Lipinski definition) is 7. The summed E-state index contributed by atoms with van der Waals surface area (Å²) in [5.74, 6) is -0.0725. The first kappa shape index (κ1) is 18.7. The monoisotopic (exact) mass is 395 g/mol. The van der Waals surface area contributed by atoms with Gasteiger partial charge in [-0.15, -0.1) is 11.3 Å². The number of nitrogen functional groups attached to an aromatic ring is 1. The number of thioether (sulfide) groups is 1. The number of nitrogens with one attached hydrogen (secondary N) is 2. The first-order valence-corrected chi connectivity index (χ1v) is 10.0. The van der Waals surface area contributed by atoms with E-state index in [4.69, 9.17) is 11.0 Å². The van der Waals surface area contributed by atoms with E-state index in [0.29, 0.717) is 15.6 Å². The summed E-state index contributed by atoms with van der Waals surface area (Å²) in [6, 6.07) is 7.51. The van der Waals surface area contributed by atoms with Gasteiger partial charge in [0.1, 0.15) is 34.3 Å². The van der Waals surface area contributed by atoms with Crippen LogP contribution in [-0.2, 0) is 17.6 Å². The molecule has 0 fully saturated rings. The number of anilines is 2. The Balaban J connectivity index is 1.72. The molecule has 1 aliphatic carbocycles. The predicted molar refractivity (Wildman–Crippen MR) is 102 cm³/mol. The summed E-state index contributed by atoms with van der Waals surface area (Å²) >= 11 is 2.59. The Morgan fingerprint density at radius 1 is 1.22 bits per heavy atom. The average Bonchev–Trinajstić information content (AvgIpc) is 3.03. The molecule has 0 bridgehead atoms. The van der Waals surface area contributed by atoms with E-state index in [1.807, 2.05) is 12.1 Å². The SMILES string of the molecule is N#Cc1cc(C#N)c(SCC(=O)Nc2sc3c(c2C#N)CCCC3)[nH+]c1N. The van der Waals surface area contributed by atoms with Crippen molar-refractivity contribution in [3.63, 3.8) is 0 Å². The van der Waals surface area contributed by atoms with Crippen molar-refractivity contribution >= 4 is 39.8 Å². The van der Waals surface area contributed by atoms with Crippen molar-refractivity contribution in [1.29, 1.82) is 15.8 Å². The molecule has 134 valence electrons. The molecule has 1 amide bonds. The number of aryl methyl sites for hydroxylation is 1. The Morgan fingerprint density at radius 2 is 1.96 bits per heavy atom. The first-order chi connectivity index (χ1) is 13.1. The summed E-state index contributed by atoms with van der Waals surface area (Å²) in [4.78, 5) is 16.3. The number of nitriles is 3. The van der Waals surface area contributed by atoms with Gasteiger partial charge in [0.05, 0.1) is 11.3 Å². The van der Waals surface area contributed by atoms with Gasteiger partial charge in [-0.05, 0) is 37.3 Å². The van der Waals surface area contributed by atoms with E-state index in [1.165, 1.54) is 22.3 Å². The Bertz CT molecular complexity index is 1040. The molecule has 0 radical (unpaired) electrons. The summed E-state index contributed by atoms with van der Waals surface area (Å²) in [7, 11) is 0. The van der Waals surface area contributed by atoms with E-state index in [1.54, 1.807) is 0 Å². The molecule has 0 aliphatic heterocycles. The number of fused-ring (bicyclic) bond motifs is 1. The van der Waals surface area contributed by atoms with Crippen LogP contribution < -0.4 is 16.0 Å². The molecule has 0 atom stereocenters. The van der Waals surface area contributed by atoms with Crippen LogP contribution in [0.15, 0.2) is 11.1 Å². The van der Waals surface area contributed by atoms with E-state index in [2.05, 4.69) is 16.4 Å². The van der Waals surface area contributed by atoms with Gasteiger partial charge in [0.2, 0.25) is 5.91 Å². The highest BCUT2D eigenvalue weighted by atomic mass is 32.2. The number of aromatic amines is 1. The van der Waals surface area contributed by atoms with Gasteiger partial charge in [-0.1, -0.05) is 11.8 Å². The lowest BCUT2D eigenvalue weighted by Crippen LogP contribution is -2.19. The van der Waals surface area contributed by atoms with Crippen molar-refractivity contribution in [1.82, 2.24) is 0 Å². The Hall–Kier alpha value is -3.06. The summed E-state index contributed by atoms with van der Waals surface area (Å²) in [6.45, 7) is 0. The van der Waals surface area contributed by atoms with Crippen LogP contribution in [0.3, 0.4) is 0 Å². The molecule has 7 nitrogen and oxygen atoms in total. The number of carbonyl (C=O) groups excluding carboxylic acids is 1. The van der Waals surface area contributed by atoms with Crippen molar-refractivity contribution in [3.05, 3.63) is 33.2 Å². The fourth-order valence-corrected chi connectivity index (χ4v) is 4.95. The second-order valence-corrected chi connectivity index (χ2v) is 8.02. The number of rotatable bonds is 4.